The average molecular weight is 314 g/mol. The zero-order valence-electron chi connectivity index (χ0n) is 12.7. The third-order valence-corrected chi connectivity index (χ3v) is 3.03. The predicted octanol–water partition coefficient (Wildman–Crippen LogP) is 2.31. The summed E-state index contributed by atoms with van der Waals surface area (Å²) in [5.74, 6) is -0.342. The third-order valence-electron chi connectivity index (χ3n) is 3.03. The maximum Gasteiger partial charge on any atom is 0.251 e. The van der Waals surface area contributed by atoms with Crippen LogP contribution in [-0.4, -0.2) is 23.9 Å². The van der Waals surface area contributed by atoms with Crippen molar-refractivity contribution in [2.45, 2.75) is 39.2 Å². The highest BCUT2D eigenvalue weighted by molar-refractivity contribution is 5.98. The Balaban J connectivity index is 0.00000400. The summed E-state index contributed by atoms with van der Waals surface area (Å²) in [6, 6.07) is 6.75. The van der Waals surface area contributed by atoms with Gasteiger partial charge in [0.05, 0.1) is 5.54 Å². The first-order valence-corrected chi connectivity index (χ1v) is 6.89. The first kappa shape index (κ1) is 19.4. The molecule has 0 spiro atoms. The molecule has 2 amide bonds. The molecule has 0 heterocycles. The molecule has 0 fully saturated rings. The Kier molecular flexibility index (Phi) is 7.99. The Morgan fingerprint density at radius 1 is 1.19 bits per heavy atom. The van der Waals surface area contributed by atoms with E-state index in [2.05, 4.69) is 10.6 Å². The molecule has 0 aromatic heterocycles. The fourth-order valence-electron chi connectivity index (χ4n) is 1.87. The molecule has 118 valence electrons. The molecule has 1 aromatic carbocycles. The predicted molar refractivity (Wildman–Crippen MR) is 87.8 cm³/mol. The second kappa shape index (κ2) is 8.64. The van der Waals surface area contributed by atoms with Crippen molar-refractivity contribution in [3.63, 3.8) is 0 Å². The van der Waals surface area contributed by atoms with E-state index in [1.165, 1.54) is 0 Å². The third kappa shape index (κ3) is 5.73. The molecule has 0 radical (unpaired) electrons. The molecule has 0 aliphatic carbocycles. The Labute approximate surface area is 132 Å². The van der Waals surface area contributed by atoms with Gasteiger partial charge in [0.2, 0.25) is 5.91 Å². The number of carbonyl (C=O) groups excluding carboxylic acids is 2. The van der Waals surface area contributed by atoms with Crippen molar-refractivity contribution in [2.24, 2.45) is 5.73 Å². The quantitative estimate of drug-likeness (QED) is 0.753. The lowest BCUT2D eigenvalue weighted by molar-refractivity contribution is -0.120. The molecule has 0 bridgehead atoms. The van der Waals surface area contributed by atoms with Gasteiger partial charge in [0, 0.05) is 17.8 Å². The smallest absolute Gasteiger partial charge is 0.251 e. The highest BCUT2D eigenvalue weighted by Gasteiger charge is 2.27. The van der Waals surface area contributed by atoms with Crippen molar-refractivity contribution in [1.82, 2.24) is 5.32 Å². The van der Waals surface area contributed by atoms with Crippen LogP contribution in [0, 0.1) is 0 Å². The number of rotatable bonds is 6. The van der Waals surface area contributed by atoms with Crippen LogP contribution in [0.15, 0.2) is 24.3 Å². The Morgan fingerprint density at radius 2 is 1.76 bits per heavy atom. The highest BCUT2D eigenvalue weighted by atomic mass is 35.5. The van der Waals surface area contributed by atoms with Crippen LogP contribution in [0.3, 0.4) is 0 Å². The van der Waals surface area contributed by atoms with Crippen molar-refractivity contribution in [2.75, 3.05) is 11.9 Å². The van der Waals surface area contributed by atoms with Crippen molar-refractivity contribution < 1.29 is 9.59 Å². The molecular formula is C15H24ClN3O2. The monoisotopic (exact) mass is 313 g/mol. The van der Waals surface area contributed by atoms with Gasteiger partial charge in [-0.15, -0.1) is 12.4 Å². The molecule has 0 aliphatic heterocycles. The number of anilines is 1. The van der Waals surface area contributed by atoms with Gasteiger partial charge in [-0.1, -0.05) is 13.3 Å². The highest BCUT2D eigenvalue weighted by Crippen LogP contribution is 2.14. The summed E-state index contributed by atoms with van der Waals surface area (Å²) in [7, 11) is 0. The first-order valence-electron chi connectivity index (χ1n) is 6.89. The van der Waals surface area contributed by atoms with E-state index in [1.54, 1.807) is 31.2 Å². The van der Waals surface area contributed by atoms with E-state index in [0.717, 1.165) is 6.42 Å². The van der Waals surface area contributed by atoms with Crippen LogP contribution >= 0.6 is 12.4 Å². The van der Waals surface area contributed by atoms with Crippen LogP contribution in [0.4, 0.5) is 5.69 Å². The lowest BCUT2D eigenvalue weighted by Crippen LogP contribution is -2.48. The van der Waals surface area contributed by atoms with Gasteiger partial charge >= 0.3 is 0 Å². The molecule has 1 atom stereocenters. The summed E-state index contributed by atoms with van der Waals surface area (Å²) in [5.41, 5.74) is 6.28. The molecule has 21 heavy (non-hydrogen) atoms. The maximum atomic E-state index is 12.0. The number of halogens is 1. The molecule has 0 saturated carbocycles. The average Bonchev–Trinajstić information content (AvgIpc) is 2.39. The minimum atomic E-state index is -0.882. The van der Waals surface area contributed by atoms with Crippen LogP contribution in [0.25, 0.3) is 0 Å². The van der Waals surface area contributed by atoms with Crippen molar-refractivity contribution in [3.8, 4) is 0 Å². The summed E-state index contributed by atoms with van der Waals surface area (Å²) in [6.45, 7) is 6.15. The topological polar surface area (TPSA) is 84.2 Å². The molecule has 6 heteroatoms. The number of hydrogen-bond acceptors (Lipinski definition) is 3. The van der Waals surface area contributed by atoms with Gasteiger partial charge < -0.3 is 16.4 Å². The molecule has 0 saturated heterocycles. The summed E-state index contributed by atoms with van der Waals surface area (Å²) in [6.07, 6.45) is 1.46. The Morgan fingerprint density at radius 3 is 2.24 bits per heavy atom. The van der Waals surface area contributed by atoms with Gasteiger partial charge in [-0.2, -0.15) is 0 Å². The number of carbonyl (C=O) groups is 2. The van der Waals surface area contributed by atoms with Crippen LogP contribution in [-0.2, 0) is 4.79 Å². The van der Waals surface area contributed by atoms with Gasteiger partial charge in [-0.25, -0.2) is 0 Å². The summed E-state index contributed by atoms with van der Waals surface area (Å²) >= 11 is 0. The zero-order valence-corrected chi connectivity index (χ0v) is 13.5. The van der Waals surface area contributed by atoms with Gasteiger partial charge in [0.25, 0.3) is 5.91 Å². The normalized spacial score (nSPS) is 12.8. The SMILES string of the molecule is CCCC(C)(N)C(=O)Nc1ccc(C(=O)NCC)cc1.Cl. The van der Waals surface area contributed by atoms with Gasteiger partial charge in [-0.05, 0) is 44.5 Å². The fraction of sp³-hybridized carbons (Fsp3) is 0.467. The zero-order chi connectivity index (χ0) is 15.2. The van der Waals surface area contributed by atoms with E-state index in [-0.39, 0.29) is 24.2 Å². The number of hydrogen-bond donors (Lipinski definition) is 3. The lowest BCUT2D eigenvalue weighted by Gasteiger charge is -2.22. The van der Waals surface area contributed by atoms with Crippen molar-refractivity contribution in [1.29, 1.82) is 0 Å². The van der Waals surface area contributed by atoms with Gasteiger partial charge in [0.1, 0.15) is 0 Å². The van der Waals surface area contributed by atoms with E-state index in [0.29, 0.717) is 24.2 Å². The molecular weight excluding hydrogens is 290 g/mol. The minimum Gasteiger partial charge on any atom is -0.352 e. The molecule has 4 N–H and O–H groups in total. The fourth-order valence-corrected chi connectivity index (χ4v) is 1.87. The lowest BCUT2D eigenvalue weighted by atomic mass is 9.96. The molecule has 1 rings (SSSR count). The Hall–Kier alpha value is -1.59. The van der Waals surface area contributed by atoms with E-state index in [4.69, 9.17) is 5.73 Å². The van der Waals surface area contributed by atoms with Crippen LogP contribution < -0.4 is 16.4 Å². The second-order valence-electron chi connectivity index (χ2n) is 5.06. The molecule has 0 aliphatic rings. The van der Waals surface area contributed by atoms with E-state index >= 15 is 0 Å². The van der Waals surface area contributed by atoms with Crippen molar-refractivity contribution >= 4 is 29.9 Å². The molecule has 1 aromatic rings. The number of amides is 2. The van der Waals surface area contributed by atoms with E-state index in [9.17, 15) is 9.59 Å². The summed E-state index contributed by atoms with van der Waals surface area (Å²) in [4.78, 5) is 23.6. The molecule has 5 nitrogen and oxygen atoms in total. The van der Waals surface area contributed by atoms with Gasteiger partial charge in [0.15, 0.2) is 0 Å². The summed E-state index contributed by atoms with van der Waals surface area (Å²) < 4.78 is 0. The number of nitrogens with two attached hydrogens (primary N) is 1. The van der Waals surface area contributed by atoms with E-state index in [1.807, 2.05) is 13.8 Å². The Bertz CT molecular complexity index is 472. The number of benzene rings is 1. The maximum absolute atomic E-state index is 12.0. The number of nitrogens with one attached hydrogen (secondary N) is 2. The van der Waals surface area contributed by atoms with Crippen LogP contribution in [0.5, 0.6) is 0 Å². The van der Waals surface area contributed by atoms with Crippen LogP contribution in [0.2, 0.25) is 0 Å². The standard InChI is InChI=1S/C15H23N3O2.ClH/c1-4-10-15(3,16)14(20)18-12-8-6-11(7-9-12)13(19)17-5-2;/h6-9H,4-5,10,16H2,1-3H3,(H,17,19)(H,18,20);1H. The minimum absolute atomic E-state index is 0. The van der Waals surface area contributed by atoms with E-state index < -0.39 is 5.54 Å². The second-order valence-corrected chi connectivity index (χ2v) is 5.06. The van der Waals surface area contributed by atoms with Crippen LogP contribution in [0.1, 0.15) is 44.0 Å². The summed E-state index contributed by atoms with van der Waals surface area (Å²) in [5, 5.41) is 5.49. The van der Waals surface area contributed by atoms with Gasteiger partial charge in [-0.3, -0.25) is 9.59 Å². The largest absolute Gasteiger partial charge is 0.352 e. The first-order chi connectivity index (χ1) is 9.40. The molecule has 1 unspecified atom stereocenters. The van der Waals surface area contributed by atoms with Crippen molar-refractivity contribution in [3.05, 3.63) is 29.8 Å².